The molecular formula is C8H5NO2. The minimum absolute atomic E-state index is 0.300. The molecule has 0 spiro atoms. The number of carbonyl (C=O) groups excluding carboxylic acids is 2. The smallest absolute Gasteiger partial charge is 0.258 e. The Bertz CT molecular complexity index is 311. The van der Waals surface area contributed by atoms with Crippen LogP contribution in [0.15, 0.2) is 24.3 Å². The molecule has 0 aromatic heterocycles. The van der Waals surface area contributed by atoms with E-state index in [2.05, 4.69) is 5.32 Å². The highest BCUT2D eigenvalue weighted by Gasteiger charge is 2.25. The van der Waals surface area contributed by atoms with Gasteiger partial charge in [-0.05, 0) is 12.1 Å². The molecule has 1 aliphatic heterocycles. The van der Waals surface area contributed by atoms with Gasteiger partial charge in [0.15, 0.2) is 0 Å². The first-order valence-corrected chi connectivity index (χ1v) is 3.24. The van der Waals surface area contributed by atoms with E-state index in [9.17, 15) is 9.59 Å². The van der Waals surface area contributed by atoms with Gasteiger partial charge in [0.2, 0.25) is 0 Å². The highest BCUT2D eigenvalue weighted by molar-refractivity contribution is 6.21. The van der Waals surface area contributed by atoms with Gasteiger partial charge in [-0.25, -0.2) is 0 Å². The van der Waals surface area contributed by atoms with E-state index in [1.807, 2.05) is 0 Å². The Morgan fingerprint density at radius 2 is 1.36 bits per heavy atom. The Kier molecular flexibility index (Phi) is 1.06. The van der Waals surface area contributed by atoms with Crippen molar-refractivity contribution in [2.45, 2.75) is 0 Å². The fourth-order valence-corrected chi connectivity index (χ4v) is 1.12. The van der Waals surface area contributed by atoms with Crippen LogP contribution < -0.4 is 5.32 Å². The van der Waals surface area contributed by atoms with Crippen LogP contribution in [0.5, 0.6) is 0 Å². The Hall–Kier alpha value is -1.64. The van der Waals surface area contributed by atoms with Crippen LogP contribution in [0, 0.1) is 0 Å². The van der Waals surface area contributed by atoms with Gasteiger partial charge in [-0.3, -0.25) is 14.9 Å². The lowest BCUT2D eigenvalue weighted by Gasteiger charge is -1.88. The van der Waals surface area contributed by atoms with E-state index in [-0.39, 0.29) is 11.8 Å². The molecule has 2 rings (SSSR count). The Labute approximate surface area is 63.0 Å². The number of hydrogen-bond donors (Lipinski definition) is 1. The molecule has 0 saturated heterocycles. The van der Waals surface area contributed by atoms with Crippen molar-refractivity contribution in [2.75, 3.05) is 0 Å². The summed E-state index contributed by atoms with van der Waals surface area (Å²) in [5.41, 5.74) is 0.940. The van der Waals surface area contributed by atoms with Crippen molar-refractivity contribution >= 4 is 11.8 Å². The Morgan fingerprint density at radius 1 is 0.909 bits per heavy atom. The summed E-state index contributed by atoms with van der Waals surface area (Å²) in [5.74, 6) is -0.601. The van der Waals surface area contributed by atoms with Gasteiger partial charge in [-0.1, -0.05) is 12.1 Å². The lowest BCUT2D eigenvalue weighted by atomic mass is 10.2. The summed E-state index contributed by atoms with van der Waals surface area (Å²) in [7, 11) is 0. The molecule has 0 aliphatic carbocycles. The van der Waals surface area contributed by atoms with Crippen LogP contribution in [0.1, 0.15) is 20.7 Å². The van der Waals surface area contributed by atoms with Crippen molar-refractivity contribution in [1.82, 2.24) is 5.32 Å². The van der Waals surface area contributed by atoms with E-state index in [1.54, 1.807) is 24.3 Å². The van der Waals surface area contributed by atoms with E-state index in [1.165, 1.54) is 0 Å². The molecule has 1 heterocycles. The third kappa shape index (κ3) is 0.741. The van der Waals surface area contributed by atoms with Crippen LogP contribution in [0.2, 0.25) is 0 Å². The molecule has 1 aromatic carbocycles. The van der Waals surface area contributed by atoms with Gasteiger partial charge in [0.1, 0.15) is 0 Å². The van der Waals surface area contributed by atoms with Crippen molar-refractivity contribution in [3.8, 4) is 0 Å². The summed E-state index contributed by atoms with van der Waals surface area (Å²) < 4.78 is 0. The predicted octanol–water partition coefficient (Wildman–Crippen LogP) is 0.570. The average molecular weight is 148 g/mol. The largest absolute Gasteiger partial charge is 0.288 e. The molecule has 2 amide bonds. The molecule has 0 radical (unpaired) electrons. The van der Waals surface area contributed by atoms with Gasteiger partial charge in [-0.2, -0.15) is 0 Å². The zero-order valence-corrected chi connectivity index (χ0v) is 5.63. The van der Waals surface area contributed by atoms with Crippen LogP contribution in [0.3, 0.4) is 0 Å². The highest BCUT2D eigenvalue weighted by Crippen LogP contribution is 2.13. The molecule has 11 heavy (non-hydrogen) atoms. The number of hydrogen-bond acceptors (Lipinski definition) is 2. The topological polar surface area (TPSA) is 46.2 Å². The second-order valence-electron chi connectivity index (χ2n) is 2.33. The first-order valence-electron chi connectivity index (χ1n) is 3.24. The normalized spacial score (nSPS) is 14.5. The van der Waals surface area contributed by atoms with Gasteiger partial charge in [0.05, 0.1) is 11.1 Å². The van der Waals surface area contributed by atoms with Gasteiger partial charge in [0.25, 0.3) is 11.8 Å². The standard InChI is InChI=1S/C8H5NO2/c10-7-5-3-1-2-4-6(5)8(11)9-7/h1-4H,(H,9,10,11)/i7+1. The summed E-state index contributed by atoms with van der Waals surface area (Å²) in [4.78, 5) is 21.9. The minimum atomic E-state index is -0.300. The zero-order chi connectivity index (χ0) is 7.84. The zero-order valence-electron chi connectivity index (χ0n) is 5.63. The summed E-state index contributed by atoms with van der Waals surface area (Å²) in [5, 5.41) is 2.20. The quantitative estimate of drug-likeness (QED) is 0.432. The van der Waals surface area contributed by atoms with E-state index in [0.29, 0.717) is 11.1 Å². The number of amides is 2. The highest BCUT2D eigenvalue weighted by atomic mass is 16.2. The first kappa shape index (κ1) is 6.09. The molecule has 0 unspecified atom stereocenters. The maximum Gasteiger partial charge on any atom is 0.258 e. The van der Waals surface area contributed by atoms with Gasteiger partial charge in [0, 0.05) is 0 Å². The second kappa shape index (κ2) is 1.92. The van der Waals surface area contributed by atoms with Gasteiger partial charge >= 0.3 is 0 Å². The number of rotatable bonds is 0. The minimum Gasteiger partial charge on any atom is -0.288 e. The van der Waals surface area contributed by atoms with Crippen LogP contribution >= 0.6 is 0 Å². The van der Waals surface area contributed by atoms with E-state index in [0.717, 1.165) is 0 Å². The number of nitrogens with one attached hydrogen (secondary N) is 1. The Morgan fingerprint density at radius 3 is 1.82 bits per heavy atom. The van der Waals surface area contributed by atoms with Crippen LogP contribution in [-0.4, -0.2) is 11.8 Å². The Balaban J connectivity index is 2.69. The van der Waals surface area contributed by atoms with Crippen molar-refractivity contribution < 1.29 is 9.59 Å². The van der Waals surface area contributed by atoms with Crippen molar-refractivity contribution in [1.29, 1.82) is 0 Å². The van der Waals surface area contributed by atoms with E-state index < -0.39 is 0 Å². The summed E-state index contributed by atoms with van der Waals surface area (Å²) >= 11 is 0. The first-order chi connectivity index (χ1) is 5.29. The maximum atomic E-state index is 10.9. The van der Waals surface area contributed by atoms with Crippen LogP contribution in [-0.2, 0) is 0 Å². The number of carbonyl (C=O) groups is 2. The average Bonchev–Trinajstić information content (AvgIpc) is 2.30. The molecule has 0 bridgehead atoms. The third-order valence-electron chi connectivity index (χ3n) is 1.64. The molecule has 0 atom stereocenters. The fraction of sp³-hybridized carbons (Fsp3) is 0. The molecule has 0 saturated carbocycles. The molecular weight excluding hydrogens is 143 g/mol. The van der Waals surface area contributed by atoms with Crippen molar-refractivity contribution in [3.63, 3.8) is 0 Å². The van der Waals surface area contributed by atoms with Crippen LogP contribution in [0.4, 0.5) is 0 Å². The second-order valence-corrected chi connectivity index (χ2v) is 2.33. The van der Waals surface area contributed by atoms with Crippen LogP contribution in [0.25, 0.3) is 0 Å². The van der Waals surface area contributed by atoms with Crippen molar-refractivity contribution in [2.24, 2.45) is 0 Å². The fourth-order valence-electron chi connectivity index (χ4n) is 1.12. The molecule has 54 valence electrons. The number of benzene rings is 1. The predicted molar refractivity (Wildman–Crippen MR) is 38.2 cm³/mol. The monoisotopic (exact) mass is 148 g/mol. The molecule has 1 aromatic rings. The summed E-state index contributed by atoms with van der Waals surface area (Å²) in [6.07, 6.45) is 0. The van der Waals surface area contributed by atoms with E-state index in [4.69, 9.17) is 0 Å². The number of imide groups is 1. The third-order valence-corrected chi connectivity index (χ3v) is 1.64. The number of fused-ring (bicyclic) bond motifs is 1. The molecule has 1 N–H and O–H groups in total. The van der Waals surface area contributed by atoms with Gasteiger partial charge in [-0.15, -0.1) is 0 Å². The van der Waals surface area contributed by atoms with Crippen molar-refractivity contribution in [3.05, 3.63) is 35.4 Å². The van der Waals surface area contributed by atoms with E-state index >= 15 is 0 Å². The van der Waals surface area contributed by atoms with Gasteiger partial charge < -0.3 is 0 Å². The molecule has 3 heteroatoms. The lowest BCUT2D eigenvalue weighted by Crippen LogP contribution is -2.19. The molecule has 0 fully saturated rings. The lowest BCUT2D eigenvalue weighted by molar-refractivity contribution is 0.0879. The summed E-state index contributed by atoms with van der Waals surface area (Å²) in [6.45, 7) is 0. The SMILES string of the molecule is O=C1N[13C](=O)c2ccccc21. The molecule has 1 aliphatic rings. The maximum absolute atomic E-state index is 10.9. The molecule has 3 nitrogen and oxygen atoms in total. The summed E-state index contributed by atoms with van der Waals surface area (Å²) in [6, 6.07) is 6.74.